The van der Waals surface area contributed by atoms with Crippen LogP contribution in [0.1, 0.15) is 50.4 Å². The molecule has 2 nitrogen and oxygen atoms in total. The van der Waals surface area contributed by atoms with Gasteiger partial charge < -0.3 is 4.74 Å². The third kappa shape index (κ3) is 4.70. The number of ketones is 1. The first kappa shape index (κ1) is 16.8. The predicted octanol–water partition coefficient (Wildman–Crippen LogP) is 5.41. The van der Waals surface area contributed by atoms with Crippen molar-refractivity contribution in [2.75, 3.05) is 6.61 Å². The Balaban J connectivity index is 1.93. The van der Waals surface area contributed by atoms with Crippen molar-refractivity contribution in [3.63, 3.8) is 0 Å². The minimum atomic E-state index is -0.0513. The van der Waals surface area contributed by atoms with Gasteiger partial charge in [-0.25, -0.2) is 0 Å². The van der Waals surface area contributed by atoms with Crippen LogP contribution in [0.3, 0.4) is 0 Å². The zero-order chi connectivity index (χ0) is 15.6. The van der Waals surface area contributed by atoms with E-state index in [0.29, 0.717) is 21.5 Å². The molecule has 0 spiro atoms. The maximum Gasteiger partial charge on any atom is 0.188 e. The van der Waals surface area contributed by atoms with Crippen LogP contribution in [0, 0.1) is 11.3 Å². The molecule has 1 aliphatic carbocycles. The molecule has 0 N–H and O–H groups in total. The molecule has 0 bridgehead atoms. The number of benzene rings is 1. The van der Waals surface area contributed by atoms with Gasteiger partial charge in [0, 0.05) is 5.56 Å². The molecule has 0 amide bonds. The van der Waals surface area contributed by atoms with Crippen molar-refractivity contribution in [3.05, 3.63) is 33.8 Å². The van der Waals surface area contributed by atoms with Crippen molar-refractivity contribution in [2.45, 2.75) is 46.1 Å². The SMILES string of the molecule is CC1CC(OCC(=O)c2ccc(Cl)c(Cl)c2)CC(C)(C)C1. The number of hydrogen-bond donors (Lipinski definition) is 0. The topological polar surface area (TPSA) is 26.3 Å². The molecule has 1 fully saturated rings. The Morgan fingerprint density at radius 1 is 1.29 bits per heavy atom. The molecule has 1 aromatic rings. The number of carbonyl (C=O) groups is 1. The molecule has 2 rings (SSSR count). The van der Waals surface area contributed by atoms with E-state index in [2.05, 4.69) is 20.8 Å². The zero-order valence-corrected chi connectivity index (χ0v) is 14.3. The lowest BCUT2D eigenvalue weighted by Crippen LogP contribution is -2.33. The fourth-order valence-corrected chi connectivity index (χ4v) is 3.63. The summed E-state index contributed by atoms with van der Waals surface area (Å²) in [4.78, 5) is 12.2. The van der Waals surface area contributed by atoms with Gasteiger partial charge in [-0.1, -0.05) is 44.0 Å². The summed E-state index contributed by atoms with van der Waals surface area (Å²) >= 11 is 11.8. The molecular formula is C17H22Cl2O2. The lowest BCUT2D eigenvalue weighted by Gasteiger charge is -2.38. The summed E-state index contributed by atoms with van der Waals surface area (Å²) in [5, 5.41) is 0.854. The third-order valence-corrected chi connectivity index (χ3v) is 4.78. The van der Waals surface area contributed by atoms with E-state index in [1.165, 1.54) is 6.42 Å². The number of Topliss-reactive ketones (excluding diaryl/α,β-unsaturated/α-hetero) is 1. The minimum absolute atomic E-state index is 0.0513. The average Bonchev–Trinajstić information content (AvgIpc) is 2.37. The summed E-state index contributed by atoms with van der Waals surface area (Å²) in [7, 11) is 0. The van der Waals surface area contributed by atoms with Gasteiger partial charge in [0.25, 0.3) is 0 Å². The summed E-state index contributed by atoms with van der Waals surface area (Å²) in [5.41, 5.74) is 0.835. The second kappa shape index (κ2) is 6.68. The van der Waals surface area contributed by atoms with Gasteiger partial charge in [0.15, 0.2) is 5.78 Å². The molecule has 2 unspecified atom stereocenters. The highest BCUT2D eigenvalue weighted by Gasteiger charge is 2.32. The van der Waals surface area contributed by atoms with Crippen LogP contribution >= 0.6 is 23.2 Å². The van der Waals surface area contributed by atoms with Crippen molar-refractivity contribution in [2.24, 2.45) is 11.3 Å². The largest absolute Gasteiger partial charge is 0.370 e. The van der Waals surface area contributed by atoms with E-state index in [1.54, 1.807) is 18.2 Å². The first-order valence-electron chi connectivity index (χ1n) is 7.37. The number of hydrogen-bond acceptors (Lipinski definition) is 2. The standard InChI is InChI=1S/C17H22Cl2O2/c1-11-6-13(9-17(2,3)8-11)21-10-16(20)12-4-5-14(18)15(19)7-12/h4-5,7,11,13H,6,8-10H2,1-3H3. The van der Waals surface area contributed by atoms with Gasteiger partial charge in [0.2, 0.25) is 0 Å². The Kier molecular flexibility index (Phi) is 5.34. The van der Waals surface area contributed by atoms with Crippen LogP contribution in [-0.4, -0.2) is 18.5 Å². The van der Waals surface area contributed by atoms with E-state index in [4.69, 9.17) is 27.9 Å². The van der Waals surface area contributed by atoms with E-state index in [1.807, 2.05) is 0 Å². The van der Waals surface area contributed by atoms with E-state index >= 15 is 0 Å². The summed E-state index contributed by atoms with van der Waals surface area (Å²) in [5.74, 6) is 0.587. The van der Waals surface area contributed by atoms with Crippen molar-refractivity contribution < 1.29 is 9.53 Å². The third-order valence-electron chi connectivity index (χ3n) is 4.04. The van der Waals surface area contributed by atoms with Crippen LogP contribution < -0.4 is 0 Å². The van der Waals surface area contributed by atoms with Gasteiger partial charge in [-0.05, 0) is 48.8 Å². The van der Waals surface area contributed by atoms with Gasteiger partial charge in [0.1, 0.15) is 6.61 Å². The maximum absolute atomic E-state index is 12.2. The summed E-state index contributed by atoms with van der Waals surface area (Å²) in [6.45, 7) is 6.88. The Hall–Kier alpha value is -0.570. The average molecular weight is 329 g/mol. The van der Waals surface area contributed by atoms with Crippen LogP contribution in [0.2, 0.25) is 10.0 Å². The lowest BCUT2D eigenvalue weighted by molar-refractivity contribution is -0.0167. The highest BCUT2D eigenvalue weighted by molar-refractivity contribution is 6.42. The highest BCUT2D eigenvalue weighted by atomic mass is 35.5. The van der Waals surface area contributed by atoms with Gasteiger partial charge >= 0.3 is 0 Å². The van der Waals surface area contributed by atoms with E-state index in [0.717, 1.165) is 12.8 Å². The second-order valence-electron chi connectivity index (χ2n) is 6.90. The van der Waals surface area contributed by atoms with Crippen molar-refractivity contribution in [1.29, 1.82) is 0 Å². The lowest BCUT2D eigenvalue weighted by atomic mass is 9.71. The normalized spacial score (nSPS) is 24.8. The number of ether oxygens (including phenoxy) is 1. The number of halogens is 2. The van der Waals surface area contributed by atoms with Gasteiger partial charge in [-0.15, -0.1) is 0 Å². The summed E-state index contributed by atoms with van der Waals surface area (Å²) in [6, 6.07) is 4.93. The summed E-state index contributed by atoms with van der Waals surface area (Å²) in [6.07, 6.45) is 3.41. The number of carbonyl (C=O) groups excluding carboxylic acids is 1. The van der Waals surface area contributed by atoms with E-state index in [-0.39, 0.29) is 23.9 Å². The van der Waals surface area contributed by atoms with Crippen LogP contribution in [0.5, 0.6) is 0 Å². The van der Waals surface area contributed by atoms with E-state index < -0.39 is 0 Å². The molecule has 21 heavy (non-hydrogen) atoms. The van der Waals surface area contributed by atoms with E-state index in [9.17, 15) is 4.79 Å². The van der Waals surface area contributed by atoms with Crippen molar-refractivity contribution >= 4 is 29.0 Å². The van der Waals surface area contributed by atoms with Gasteiger partial charge in [0.05, 0.1) is 16.1 Å². The molecule has 0 aromatic heterocycles. The first-order valence-corrected chi connectivity index (χ1v) is 8.12. The molecule has 2 atom stereocenters. The van der Waals surface area contributed by atoms with Crippen molar-refractivity contribution in [1.82, 2.24) is 0 Å². The minimum Gasteiger partial charge on any atom is -0.370 e. The molecule has 4 heteroatoms. The van der Waals surface area contributed by atoms with Crippen molar-refractivity contribution in [3.8, 4) is 0 Å². The summed E-state index contributed by atoms with van der Waals surface area (Å²) < 4.78 is 5.85. The van der Waals surface area contributed by atoms with Crippen LogP contribution in [0.25, 0.3) is 0 Å². The zero-order valence-electron chi connectivity index (χ0n) is 12.8. The Bertz CT molecular complexity index is 526. The quantitative estimate of drug-likeness (QED) is 0.691. The fourth-order valence-electron chi connectivity index (χ4n) is 3.33. The molecule has 0 heterocycles. The molecule has 1 aliphatic rings. The van der Waals surface area contributed by atoms with Crippen LogP contribution in [0.15, 0.2) is 18.2 Å². The predicted molar refractivity (Wildman–Crippen MR) is 87.3 cm³/mol. The molecular weight excluding hydrogens is 307 g/mol. The van der Waals surface area contributed by atoms with Gasteiger partial charge in [-0.2, -0.15) is 0 Å². The number of rotatable bonds is 4. The maximum atomic E-state index is 12.2. The monoisotopic (exact) mass is 328 g/mol. The second-order valence-corrected chi connectivity index (χ2v) is 7.71. The first-order chi connectivity index (χ1) is 9.77. The molecule has 1 aromatic carbocycles. The van der Waals surface area contributed by atoms with Crippen LogP contribution in [-0.2, 0) is 4.74 Å². The smallest absolute Gasteiger partial charge is 0.188 e. The highest BCUT2D eigenvalue weighted by Crippen LogP contribution is 2.39. The Labute approximate surface area is 136 Å². The Morgan fingerprint density at radius 3 is 2.62 bits per heavy atom. The molecule has 0 saturated heterocycles. The molecule has 0 radical (unpaired) electrons. The Morgan fingerprint density at radius 2 is 2.00 bits per heavy atom. The fraction of sp³-hybridized carbons (Fsp3) is 0.588. The van der Waals surface area contributed by atoms with Gasteiger partial charge in [-0.3, -0.25) is 4.79 Å². The molecule has 1 saturated carbocycles. The molecule has 116 valence electrons. The van der Waals surface area contributed by atoms with Crippen LogP contribution in [0.4, 0.5) is 0 Å². The molecule has 0 aliphatic heterocycles.